The van der Waals surface area contributed by atoms with E-state index in [-0.39, 0.29) is 0 Å². The van der Waals surface area contributed by atoms with Crippen molar-refractivity contribution in [1.82, 2.24) is 14.5 Å². The molecule has 0 saturated heterocycles. The third-order valence-corrected chi connectivity index (χ3v) is 2.76. The second kappa shape index (κ2) is 3.87. The van der Waals surface area contributed by atoms with Gasteiger partial charge in [0.2, 0.25) is 0 Å². The standard InChI is InChI=1S/C13H13N3O2/c1-8-4-5-11-10(6-8)15-13(17-3)16(11)12-14-7-9(2)18-12/h4-7H,1-3H3. The molecule has 0 radical (unpaired) electrons. The summed E-state index contributed by atoms with van der Waals surface area (Å²) in [6.45, 7) is 3.88. The lowest BCUT2D eigenvalue weighted by Crippen LogP contribution is -1.98. The van der Waals surface area contributed by atoms with Gasteiger partial charge in [0.05, 0.1) is 24.3 Å². The van der Waals surface area contributed by atoms with Gasteiger partial charge in [0.25, 0.3) is 0 Å². The van der Waals surface area contributed by atoms with Crippen LogP contribution < -0.4 is 4.74 Å². The molecule has 3 rings (SSSR count). The number of hydrogen-bond acceptors (Lipinski definition) is 4. The quantitative estimate of drug-likeness (QED) is 0.694. The lowest BCUT2D eigenvalue weighted by Gasteiger charge is -2.02. The van der Waals surface area contributed by atoms with Gasteiger partial charge in [-0.3, -0.25) is 0 Å². The number of nitrogens with zero attached hydrogens (tertiary/aromatic N) is 3. The fourth-order valence-corrected chi connectivity index (χ4v) is 1.94. The summed E-state index contributed by atoms with van der Waals surface area (Å²) in [6.07, 6.45) is 1.68. The van der Waals surface area contributed by atoms with Crippen molar-refractivity contribution in [2.75, 3.05) is 7.11 Å². The number of benzene rings is 1. The molecular formula is C13H13N3O2. The van der Waals surface area contributed by atoms with Crippen LogP contribution >= 0.6 is 0 Å². The number of methoxy groups -OCH3 is 1. The Morgan fingerprint density at radius 1 is 1.28 bits per heavy atom. The molecule has 1 aromatic carbocycles. The first-order chi connectivity index (χ1) is 8.69. The average Bonchev–Trinajstić information content (AvgIpc) is 2.91. The molecule has 0 spiro atoms. The molecule has 0 saturated carbocycles. The molecule has 2 aromatic heterocycles. The minimum atomic E-state index is 0.468. The first-order valence-corrected chi connectivity index (χ1v) is 5.65. The van der Waals surface area contributed by atoms with E-state index in [1.54, 1.807) is 17.9 Å². The van der Waals surface area contributed by atoms with Gasteiger partial charge < -0.3 is 9.15 Å². The van der Waals surface area contributed by atoms with Gasteiger partial charge in [-0.1, -0.05) is 6.07 Å². The summed E-state index contributed by atoms with van der Waals surface area (Å²) < 4.78 is 12.6. The van der Waals surface area contributed by atoms with E-state index in [9.17, 15) is 0 Å². The smallest absolute Gasteiger partial charge is 0.310 e. The Kier molecular flexibility index (Phi) is 2.33. The van der Waals surface area contributed by atoms with E-state index >= 15 is 0 Å². The third-order valence-electron chi connectivity index (χ3n) is 2.76. The van der Waals surface area contributed by atoms with Crippen molar-refractivity contribution in [3.63, 3.8) is 0 Å². The zero-order chi connectivity index (χ0) is 12.7. The van der Waals surface area contributed by atoms with Crippen molar-refractivity contribution >= 4 is 11.0 Å². The molecule has 5 nitrogen and oxygen atoms in total. The highest BCUT2D eigenvalue weighted by Crippen LogP contribution is 2.26. The molecule has 0 aliphatic carbocycles. The summed E-state index contributed by atoms with van der Waals surface area (Å²) in [5, 5.41) is 0. The average molecular weight is 243 g/mol. The molecule has 0 aliphatic rings. The summed E-state index contributed by atoms with van der Waals surface area (Å²) in [5.41, 5.74) is 2.93. The van der Waals surface area contributed by atoms with Gasteiger partial charge >= 0.3 is 12.0 Å². The molecular weight excluding hydrogens is 230 g/mol. The van der Waals surface area contributed by atoms with Crippen molar-refractivity contribution in [1.29, 1.82) is 0 Å². The maximum absolute atomic E-state index is 5.54. The number of ether oxygens (including phenoxy) is 1. The fourth-order valence-electron chi connectivity index (χ4n) is 1.94. The van der Waals surface area contributed by atoms with Crippen molar-refractivity contribution in [3.05, 3.63) is 35.7 Å². The topological polar surface area (TPSA) is 53.1 Å². The van der Waals surface area contributed by atoms with Crippen LogP contribution in [0.25, 0.3) is 17.0 Å². The van der Waals surface area contributed by atoms with Gasteiger partial charge in [0, 0.05) is 0 Å². The van der Waals surface area contributed by atoms with E-state index in [4.69, 9.17) is 9.15 Å². The van der Waals surface area contributed by atoms with Crippen LogP contribution in [0.4, 0.5) is 0 Å². The van der Waals surface area contributed by atoms with Gasteiger partial charge in [-0.05, 0) is 31.5 Å². The molecule has 18 heavy (non-hydrogen) atoms. The first kappa shape index (κ1) is 10.8. The van der Waals surface area contributed by atoms with E-state index in [1.807, 2.05) is 32.0 Å². The minimum absolute atomic E-state index is 0.468. The Morgan fingerprint density at radius 3 is 2.78 bits per heavy atom. The molecule has 0 unspecified atom stereocenters. The zero-order valence-electron chi connectivity index (χ0n) is 10.5. The number of oxazole rings is 1. The summed E-state index contributed by atoms with van der Waals surface area (Å²) in [4.78, 5) is 8.63. The molecule has 5 heteroatoms. The van der Waals surface area contributed by atoms with E-state index < -0.39 is 0 Å². The predicted octanol–water partition coefficient (Wildman–Crippen LogP) is 2.64. The Bertz CT molecular complexity index is 712. The van der Waals surface area contributed by atoms with Gasteiger partial charge in [0.15, 0.2) is 0 Å². The Morgan fingerprint density at radius 2 is 2.11 bits per heavy atom. The number of rotatable bonds is 2. The minimum Gasteiger partial charge on any atom is -0.468 e. The van der Waals surface area contributed by atoms with Crippen LogP contribution in [0, 0.1) is 13.8 Å². The first-order valence-electron chi connectivity index (χ1n) is 5.65. The van der Waals surface area contributed by atoms with E-state index in [2.05, 4.69) is 9.97 Å². The van der Waals surface area contributed by atoms with Gasteiger partial charge in [-0.15, -0.1) is 0 Å². The van der Waals surface area contributed by atoms with Crippen LogP contribution in [0.1, 0.15) is 11.3 Å². The molecule has 0 fully saturated rings. The fraction of sp³-hybridized carbons (Fsp3) is 0.231. The summed E-state index contributed by atoms with van der Waals surface area (Å²) in [7, 11) is 1.58. The van der Waals surface area contributed by atoms with Crippen molar-refractivity contribution < 1.29 is 9.15 Å². The molecule has 0 amide bonds. The number of fused-ring (bicyclic) bond motifs is 1. The van der Waals surface area contributed by atoms with Gasteiger partial charge in [-0.2, -0.15) is 4.98 Å². The number of aryl methyl sites for hydroxylation is 2. The van der Waals surface area contributed by atoms with Crippen LogP contribution in [-0.4, -0.2) is 21.6 Å². The predicted molar refractivity (Wildman–Crippen MR) is 67.2 cm³/mol. The van der Waals surface area contributed by atoms with Crippen LogP contribution in [0.5, 0.6) is 6.01 Å². The monoisotopic (exact) mass is 243 g/mol. The van der Waals surface area contributed by atoms with Crippen LogP contribution in [0.3, 0.4) is 0 Å². The van der Waals surface area contributed by atoms with E-state index in [0.717, 1.165) is 22.4 Å². The van der Waals surface area contributed by atoms with Crippen molar-refractivity contribution in [2.45, 2.75) is 13.8 Å². The zero-order valence-corrected chi connectivity index (χ0v) is 10.5. The summed E-state index contributed by atoms with van der Waals surface area (Å²) in [5.74, 6) is 0.751. The molecule has 0 N–H and O–H groups in total. The lowest BCUT2D eigenvalue weighted by molar-refractivity contribution is 0.364. The Hall–Kier alpha value is -2.30. The number of imidazole rings is 1. The van der Waals surface area contributed by atoms with Crippen molar-refractivity contribution in [3.8, 4) is 12.0 Å². The van der Waals surface area contributed by atoms with E-state index in [1.165, 1.54) is 0 Å². The summed E-state index contributed by atoms with van der Waals surface area (Å²) in [6, 6.07) is 6.95. The maximum Gasteiger partial charge on any atom is 0.310 e. The third kappa shape index (κ3) is 1.55. The van der Waals surface area contributed by atoms with Gasteiger partial charge in [0.1, 0.15) is 5.76 Å². The molecule has 0 aliphatic heterocycles. The number of hydrogen-bond donors (Lipinski definition) is 0. The van der Waals surface area contributed by atoms with Crippen LogP contribution in [0.2, 0.25) is 0 Å². The molecule has 3 aromatic rings. The highest BCUT2D eigenvalue weighted by Gasteiger charge is 2.16. The maximum atomic E-state index is 5.54. The normalized spacial score (nSPS) is 11.1. The molecule has 92 valence electrons. The second-order valence-corrected chi connectivity index (χ2v) is 4.18. The highest BCUT2D eigenvalue weighted by atomic mass is 16.5. The molecule has 2 heterocycles. The largest absolute Gasteiger partial charge is 0.468 e. The Balaban J connectivity index is 2.32. The highest BCUT2D eigenvalue weighted by molar-refractivity contribution is 5.79. The van der Waals surface area contributed by atoms with Gasteiger partial charge in [-0.25, -0.2) is 9.55 Å². The van der Waals surface area contributed by atoms with E-state index in [0.29, 0.717) is 12.0 Å². The SMILES string of the molecule is COc1nc2cc(C)ccc2n1-c1ncc(C)o1. The van der Waals surface area contributed by atoms with Crippen LogP contribution in [-0.2, 0) is 0 Å². The molecule has 0 atom stereocenters. The lowest BCUT2D eigenvalue weighted by atomic mass is 10.2. The molecule has 0 bridgehead atoms. The summed E-state index contributed by atoms with van der Waals surface area (Å²) >= 11 is 0. The second-order valence-electron chi connectivity index (χ2n) is 4.18. The van der Waals surface area contributed by atoms with Crippen molar-refractivity contribution in [2.24, 2.45) is 0 Å². The van der Waals surface area contributed by atoms with Crippen LogP contribution in [0.15, 0.2) is 28.8 Å². The Labute approximate surface area is 104 Å². The number of aromatic nitrogens is 3.